The van der Waals surface area contributed by atoms with E-state index >= 15 is 0 Å². The summed E-state index contributed by atoms with van der Waals surface area (Å²) >= 11 is 2.34. The molecule has 0 spiro atoms. The summed E-state index contributed by atoms with van der Waals surface area (Å²) in [4.78, 5) is 12.1. The summed E-state index contributed by atoms with van der Waals surface area (Å²) in [5.41, 5.74) is 10.9. The van der Waals surface area contributed by atoms with Crippen molar-refractivity contribution >= 4 is 50.3 Å². The maximum atomic E-state index is 12.1. The molecule has 1 aromatic heterocycles. The Morgan fingerprint density at radius 1 is 1.07 bits per heavy atom. The van der Waals surface area contributed by atoms with E-state index < -0.39 is 5.91 Å². The molecule has 0 aliphatic carbocycles. The minimum Gasteiger partial charge on any atom is -0.366 e. The number of aromatic nitrogens is 1. The number of unbranched alkanes of at least 4 members (excludes halogenated alkanes) is 2. The molecule has 0 atom stereocenters. The van der Waals surface area contributed by atoms with Crippen LogP contribution in [0.4, 0.5) is 0 Å². The summed E-state index contributed by atoms with van der Waals surface area (Å²) in [5, 5.41) is 1.88. The highest BCUT2D eigenvalue weighted by atomic mass is 127. The molecule has 0 aliphatic rings. The smallest absolute Gasteiger partial charge is 0.249 e. The molecule has 0 unspecified atom stereocenters. The van der Waals surface area contributed by atoms with Crippen LogP contribution in [0.5, 0.6) is 0 Å². The number of carbonyl (C=O) groups excluding carboxylic acids is 1. The van der Waals surface area contributed by atoms with Gasteiger partial charge in [0.25, 0.3) is 0 Å². The van der Waals surface area contributed by atoms with Crippen molar-refractivity contribution in [3.8, 4) is 0 Å². The normalized spacial score (nSPS) is 11.4. The van der Waals surface area contributed by atoms with Gasteiger partial charge >= 0.3 is 0 Å². The molecule has 2 N–H and O–H groups in total. The van der Waals surface area contributed by atoms with Gasteiger partial charge in [0.05, 0.1) is 11.0 Å². The van der Waals surface area contributed by atoms with Crippen LogP contribution in [0.3, 0.4) is 0 Å². The van der Waals surface area contributed by atoms with Crippen molar-refractivity contribution in [2.24, 2.45) is 5.73 Å². The quantitative estimate of drug-likeness (QED) is 0.245. The summed E-state index contributed by atoms with van der Waals surface area (Å²) < 4.78 is 3.51. The Hall–Kier alpha value is -2.34. The summed E-state index contributed by atoms with van der Waals surface area (Å²) in [6, 6.07) is 22.1. The minimum atomic E-state index is -0.399. The first-order valence-corrected chi connectivity index (χ1v) is 11.2. The Bertz CT molecular complexity index is 1190. The average Bonchev–Trinajstić information content (AvgIpc) is 3.01. The van der Waals surface area contributed by atoms with Crippen molar-refractivity contribution in [3.05, 3.63) is 80.9 Å². The number of primary amides is 1. The molecule has 3 aromatic carbocycles. The SMILES string of the molecule is CCCCCc1c[c]c2c3c(C(N)=O)cccc3n(Cc3cccc(I)c3)c2c1. The van der Waals surface area contributed by atoms with Gasteiger partial charge in [0, 0.05) is 26.5 Å². The fourth-order valence-corrected chi connectivity index (χ4v) is 4.62. The minimum absolute atomic E-state index is 0.399. The first kappa shape index (κ1) is 20.0. The molecular weight excluding hydrogens is 471 g/mol. The number of hydrogen-bond acceptors (Lipinski definition) is 1. The van der Waals surface area contributed by atoms with Crippen LogP contribution in [0.25, 0.3) is 21.8 Å². The van der Waals surface area contributed by atoms with Crippen molar-refractivity contribution in [1.29, 1.82) is 0 Å². The van der Waals surface area contributed by atoms with Gasteiger partial charge in [-0.05, 0) is 83.0 Å². The largest absolute Gasteiger partial charge is 0.366 e. The summed E-state index contributed by atoms with van der Waals surface area (Å²) in [6.45, 7) is 2.96. The zero-order valence-corrected chi connectivity index (χ0v) is 18.7. The van der Waals surface area contributed by atoms with Gasteiger partial charge in [0.15, 0.2) is 0 Å². The number of rotatable bonds is 7. The first-order valence-electron chi connectivity index (χ1n) is 10.1. The molecule has 4 aromatic rings. The van der Waals surface area contributed by atoms with E-state index in [1.165, 1.54) is 34.0 Å². The van der Waals surface area contributed by atoms with E-state index in [2.05, 4.69) is 82.6 Å². The lowest BCUT2D eigenvalue weighted by Gasteiger charge is -2.09. The number of nitrogens with two attached hydrogens (primary N) is 1. The lowest BCUT2D eigenvalue weighted by atomic mass is 10.0. The Kier molecular flexibility index (Phi) is 5.90. The van der Waals surface area contributed by atoms with Crippen LogP contribution in [0.15, 0.2) is 54.6 Å². The van der Waals surface area contributed by atoms with E-state index in [9.17, 15) is 4.79 Å². The summed E-state index contributed by atoms with van der Waals surface area (Å²) in [7, 11) is 0. The number of benzene rings is 3. The second kappa shape index (κ2) is 8.57. The Labute approximate surface area is 185 Å². The molecule has 3 nitrogen and oxygen atoms in total. The maximum absolute atomic E-state index is 12.1. The molecule has 0 saturated heterocycles. The molecule has 1 amide bonds. The number of hydrogen-bond donors (Lipinski definition) is 1. The number of aryl methyl sites for hydroxylation is 1. The second-order valence-corrected chi connectivity index (χ2v) is 8.75. The highest BCUT2D eigenvalue weighted by molar-refractivity contribution is 14.1. The number of amides is 1. The van der Waals surface area contributed by atoms with E-state index in [-0.39, 0.29) is 0 Å². The van der Waals surface area contributed by atoms with E-state index in [1.807, 2.05) is 12.1 Å². The van der Waals surface area contributed by atoms with Gasteiger partial charge in [-0.1, -0.05) is 44.0 Å². The van der Waals surface area contributed by atoms with Gasteiger partial charge in [-0.3, -0.25) is 4.79 Å². The van der Waals surface area contributed by atoms with Gasteiger partial charge < -0.3 is 10.3 Å². The molecule has 4 rings (SSSR count). The maximum Gasteiger partial charge on any atom is 0.249 e. The Morgan fingerprint density at radius 2 is 1.90 bits per heavy atom. The second-order valence-electron chi connectivity index (χ2n) is 7.51. The molecule has 0 saturated carbocycles. The van der Waals surface area contributed by atoms with Crippen molar-refractivity contribution in [1.82, 2.24) is 4.57 Å². The lowest BCUT2D eigenvalue weighted by Crippen LogP contribution is -2.11. The predicted molar refractivity (Wildman–Crippen MR) is 128 cm³/mol. The molecule has 147 valence electrons. The topological polar surface area (TPSA) is 48.0 Å². The standard InChI is InChI=1S/C25H24IN2O/c1-2-3-4-7-17-12-13-20-23(15-17)28(16-18-8-5-9-19(26)14-18)22-11-6-10-21(24(20)22)25(27)29/h5-6,8-12,14-15H,2-4,7,16H2,1H3,(H2,27,29). The third kappa shape index (κ3) is 4.04. The number of nitrogens with zero attached hydrogens (tertiary/aromatic N) is 1. The van der Waals surface area contributed by atoms with Crippen LogP contribution in [0.2, 0.25) is 0 Å². The highest BCUT2D eigenvalue weighted by Crippen LogP contribution is 2.33. The van der Waals surface area contributed by atoms with E-state index in [0.717, 1.165) is 34.8 Å². The van der Waals surface area contributed by atoms with Crippen molar-refractivity contribution in [2.75, 3.05) is 0 Å². The molecule has 0 bridgehead atoms. The molecule has 4 heteroatoms. The molecule has 1 radical (unpaired) electrons. The fourth-order valence-electron chi connectivity index (χ4n) is 4.02. The van der Waals surface area contributed by atoms with E-state index in [0.29, 0.717) is 5.56 Å². The number of carbonyl (C=O) groups is 1. The summed E-state index contributed by atoms with van der Waals surface area (Å²) in [5.74, 6) is -0.399. The van der Waals surface area contributed by atoms with Crippen LogP contribution in [0.1, 0.15) is 47.7 Å². The average molecular weight is 495 g/mol. The lowest BCUT2D eigenvalue weighted by molar-refractivity contribution is 0.100. The van der Waals surface area contributed by atoms with Crippen LogP contribution in [-0.4, -0.2) is 10.5 Å². The fraction of sp³-hybridized carbons (Fsp3) is 0.240. The zero-order chi connectivity index (χ0) is 20.4. The highest BCUT2D eigenvalue weighted by Gasteiger charge is 2.17. The van der Waals surface area contributed by atoms with Crippen LogP contribution < -0.4 is 5.73 Å². The first-order chi connectivity index (χ1) is 14.1. The summed E-state index contributed by atoms with van der Waals surface area (Å²) in [6.07, 6.45) is 4.67. The molecule has 0 fully saturated rings. The van der Waals surface area contributed by atoms with Crippen LogP contribution in [0, 0.1) is 9.64 Å². The number of fused-ring (bicyclic) bond motifs is 3. The van der Waals surface area contributed by atoms with Crippen LogP contribution >= 0.6 is 22.6 Å². The van der Waals surface area contributed by atoms with Gasteiger partial charge in [-0.15, -0.1) is 0 Å². The van der Waals surface area contributed by atoms with Crippen molar-refractivity contribution in [2.45, 2.75) is 39.2 Å². The van der Waals surface area contributed by atoms with Gasteiger partial charge in [0.2, 0.25) is 5.91 Å². The van der Waals surface area contributed by atoms with E-state index in [4.69, 9.17) is 5.73 Å². The number of halogens is 1. The zero-order valence-electron chi connectivity index (χ0n) is 16.5. The predicted octanol–water partition coefficient (Wildman–Crippen LogP) is 6.08. The van der Waals surface area contributed by atoms with Gasteiger partial charge in [-0.2, -0.15) is 0 Å². The third-order valence-corrected chi connectivity index (χ3v) is 6.09. The molecular formula is C25H24IN2O. The van der Waals surface area contributed by atoms with Crippen molar-refractivity contribution in [3.63, 3.8) is 0 Å². The molecule has 1 heterocycles. The third-order valence-electron chi connectivity index (χ3n) is 5.42. The van der Waals surface area contributed by atoms with Crippen molar-refractivity contribution < 1.29 is 4.79 Å². The Morgan fingerprint density at radius 3 is 2.66 bits per heavy atom. The molecule has 0 aliphatic heterocycles. The van der Waals surface area contributed by atoms with Gasteiger partial charge in [-0.25, -0.2) is 0 Å². The van der Waals surface area contributed by atoms with Crippen LogP contribution in [-0.2, 0) is 13.0 Å². The molecule has 29 heavy (non-hydrogen) atoms. The Balaban J connectivity index is 1.92. The van der Waals surface area contributed by atoms with Gasteiger partial charge in [0.1, 0.15) is 0 Å². The van der Waals surface area contributed by atoms with E-state index in [1.54, 1.807) is 0 Å². The monoisotopic (exact) mass is 495 g/mol.